The molecule has 0 radical (unpaired) electrons. The van der Waals surface area contributed by atoms with Crippen LogP contribution in [0, 0.1) is 5.82 Å². The summed E-state index contributed by atoms with van der Waals surface area (Å²) in [5, 5.41) is 21.3. The lowest BCUT2D eigenvalue weighted by atomic mass is 10.1. The highest BCUT2D eigenvalue weighted by molar-refractivity contribution is 5.31. The van der Waals surface area contributed by atoms with Crippen LogP contribution in [0.5, 0.6) is 0 Å². The number of hydrogen-bond acceptors (Lipinski definition) is 6. The Kier molecular flexibility index (Phi) is 5.68. The minimum absolute atomic E-state index is 0.0198. The first kappa shape index (κ1) is 16.8. The van der Waals surface area contributed by atoms with E-state index in [2.05, 4.69) is 20.4 Å². The lowest BCUT2D eigenvalue weighted by molar-refractivity contribution is -0.0346. The first-order chi connectivity index (χ1) is 11.7. The van der Waals surface area contributed by atoms with Crippen LogP contribution in [0.1, 0.15) is 11.7 Å². The van der Waals surface area contributed by atoms with Gasteiger partial charge in [0.05, 0.1) is 18.8 Å². The third-order valence-electron chi connectivity index (χ3n) is 4.00. The summed E-state index contributed by atoms with van der Waals surface area (Å²) in [6, 6.07) is 9.99. The first-order valence-corrected chi connectivity index (χ1v) is 8.00. The summed E-state index contributed by atoms with van der Waals surface area (Å²) >= 11 is 0. The van der Waals surface area contributed by atoms with E-state index < -0.39 is 6.10 Å². The molecule has 24 heavy (non-hydrogen) atoms. The van der Waals surface area contributed by atoms with Crippen LogP contribution in [0.2, 0.25) is 0 Å². The van der Waals surface area contributed by atoms with Gasteiger partial charge < -0.3 is 15.2 Å². The Labute approximate surface area is 140 Å². The zero-order chi connectivity index (χ0) is 16.8. The number of ether oxygens (including phenoxy) is 1. The molecule has 6 nitrogen and oxygen atoms in total. The normalized spacial score (nSPS) is 19.8. The van der Waals surface area contributed by atoms with Gasteiger partial charge in [-0.25, -0.2) is 4.39 Å². The SMILES string of the molecule is OC(CN1CCOC(CNc2cccnn2)C1)c1ccccc1F. The van der Waals surface area contributed by atoms with Crippen LogP contribution in [-0.4, -0.2) is 59.1 Å². The fourth-order valence-electron chi connectivity index (χ4n) is 2.77. The van der Waals surface area contributed by atoms with E-state index in [0.717, 1.165) is 0 Å². The van der Waals surface area contributed by atoms with Crippen molar-refractivity contribution in [1.82, 2.24) is 15.1 Å². The van der Waals surface area contributed by atoms with Crippen LogP contribution in [0.15, 0.2) is 42.6 Å². The average Bonchev–Trinajstić information content (AvgIpc) is 2.61. The minimum atomic E-state index is -0.849. The van der Waals surface area contributed by atoms with Crippen LogP contribution < -0.4 is 5.32 Å². The second kappa shape index (κ2) is 8.14. The lowest BCUT2D eigenvalue weighted by Gasteiger charge is -2.34. The molecule has 3 rings (SSSR count). The maximum atomic E-state index is 13.8. The number of aliphatic hydroxyl groups excluding tert-OH is 1. The molecule has 0 aliphatic carbocycles. The molecular formula is C17H21FN4O2. The van der Waals surface area contributed by atoms with Gasteiger partial charge in [-0.3, -0.25) is 4.90 Å². The summed E-state index contributed by atoms with van der Waals surface area (Å²) in [7, 11) is 0. The van der Waals surface area contributed by atoms with Gasteiger partial charge in [0.2, 0.25) is 0 Å². The van der Waals surface area contributed by atoms with Crippen molar-refractivity contribution in [1.29, 1.82) is 0 Å². The van der Waals surface area contributed by atoms with Crippen molar-refractivity contribution in [3.8, 4) is 0 Å². The number of halogens is 1. The first-order valence-electron chi connectivity index (χ1n) is 8.00. The monoisotopic (exact) mass is 332 g/mol. The Hall–Kier alpha value is -2.09. The van der Waals surface area contributed by atoms with Gasteiger partial charge in [0.25, 0.3) is 0 Å². The molecule has 1 saturated heterocycles. The number of morpholine rings is 1. The van der Waals surface area contributed by atoms with Crippen LogP contribution in [0.25, 0.3) is 0 Å². The summed E-state index contributed by atoms with van der Waals surface area (Å²) in [4.78, 5) is 2.09. The lowest BCUT2D eigenvalue weighted by Crippen LogP contribution is -2.46. The van der Waals surface area contributed by atoms with Crippen LogP contribution in [0.3, 0.4) is 0 Å². The number of anilines is 1. The van der Waals surface area contributed by atoms with Crippen LogP contribution >= 0.6 is 0 Å². The summed E-state index contributed by atoms with van der Waals surface area (Å²) in [6.45, 7) is 2.94. The molecule has 1 aromatic carbocycles. The summed E-state index contributed by atoms with van der Waals surface area (Å²) in [6.07, 6.45) is 0.750. The highest BCUT2D eigenvalue weighted by Gasteiger charge is 2.23. The summed E-state index contributed by atoms with van der Waals surface area (Å²) < 4.78 is 19.5. The van der Waals surface area contributed by atoms with Crippen molar-refractivity contribution in [2.24, 2.45) is 0 Å². The van der Waals surface area contributed by atoms with Crippen molar-refractivity contribution in [3.63, 3.8) is 0 Å². The van der Waals surface area contributed by atoms with E-state index in [-0.39, 0.29) is 11.9 Å². The van der Waals surface area contributed by atoms with E-state index in [4.69, 9.17) is 4.74 Å². The highest BCUT2D eigenvalue weighted by Crippen LogP contribution is 2.19. The maximum Gasteiger partial charge on any atom is 0.148 e. The van der Waals surface area contributed by atoms with Gasteiger partial charge in [-0.15, -0.1) is 5.10 Å². The Balaban J connectivity index is 1.51. The van der Waals surface area contributed by atoms with E-state index >= 15 is 0 Å². The molecule has 0 bridgehead atoms. The summed E-state index contributed by atoms with van der Waals surface area (Å²) in [5.41, 5.74) is 0.332. The van der Waals surface area contributed by atoms with Gasteiger partial charge in [0.15, 0.2) is 0 Å². The van der Waals surface area contributed by atoms with Crippen molar-refractivity contribution in [3.05, 3.63) is 54.0 Å². The third-order valence-corrected chi connectivity index (χ3v) is 4.00. The Morgan fingerprint density at radius 2 is 2.21 bits per heavy atom. The molecule has 2 unspecified atom stereocenters. The molecule has 0 amide bonds. The van der Waals surface area contributed by atoms with Gasteiger partial charge in [-0.1, -0.05) is 18.2 Å². The number of nitrogens with one attached hydrogen (secondary N) is 1. The van der Waals surface area contributed by atoms with Gasteiger partial charge >= 0.3 is 0 Å². The molecule has 0 spiro atoms. The van der Waals surface area contributed by atoms with Gasteiger partial charge in [-0.05, 0) is 18.2 Å². The zero-order valence-electron chi connectivity index (χ0n) is 13.3. The second-order valence-corrected chi connectivity index (χ2v) is 5.78. The Morgan fingerprint density at radius 1 is 1.33 bits per heavy atom. The number of nitrogens with zero attached hydrogens (tertiary/aromatic N) is 3. The quantitative estimate of drug-likeness (QED) is 0.835. The Morgan fingerprint density at radius 3 is 3.00 bits per heavy atom. The highest BCUT2D eigenvalue weighted by atomic mass is 19.1. The van der Waals surface area contributed by atoms with Crippen molar-refractivity contribution in [2.75, 3.05) is 38.1 Å². The molecule has 7 heteroatoms. The number of aromatic nitrogens is 2. The molecule has 1 aliphatic heterocycles. The van der Waals surface area contributed by atoms with Crippen molar-refractivity contribution < 1.29 is 14.2 Å². The van der Waals surface area contributed by atoms with Gasteiger partial charge in [0.1, 0.15) is 11.6 Å². The number of rotatable bonds is 6. The van der Waals surface area contributed by atoms with Gasteiger partial charge in [-0.2, -0.15) is 5.10 Å². The molecular weight excluding hydrogens is 311 g/mol. The standard InChI is InChI=1S/C17H21FN4O2/c18-15-5-2-1-4-14(15)16(23)12-22-8-9-24-13(11-22)10-19-17-6-3-7-20-21-17/h1-7,13,16,23H,8-12H2,(H,19,21). The van der Waals surface area contributed by atoms with Gasteiger partial charge in [0, 0.05) is 37.9 Å². The van der Waals surface area contributed by atoms with Crippen LogP contribution in [0.4, 0.5) is 10.2 Å². The van der Waals surface area contributed by atoms with E-state index in [0.29, 0.717) is 44.2 Å². The molecule has 128 valence electrons. The topological polar surface area (TPSA) is 70.5 Å². The van der Waals surface area contributed by atoms with E-state index in [1.807, 2.05) is 12.1 Å². The summed E-state index contributed by atoms with van der Waals surface area (Å²) in [5.74, 6) is 0.323. The Bertz CT molecular complexity index is 643. The molecule has 2 N–H and O–H groups in total. The van der Waals surface area contributed by atoms with E-state index in [1.54, 1.807) is 24.4 Å². The largest absolute Gasteiger partial charge is 0.387 e. The molecule has 2 atom stereocenters. The van der Waals surface area contributed by atoms with Crippen molar-refractivity contribution in [2.45, 2.75) is 12.2 Å². The molecule has 1 aliphatic rings. The minimum Gasteiger partial charge on any atom is -0.387 e. The van der Waals surface area contributed by atoms with Crippen LogP contribution in [-0.2, 0) is 4.74 Å². The molecule has 1 aromatic heterocycles. The fraction of sp³-hybridized carbons (Fsp3) is 0.412. The zero-order valence-corrected chi connectivity index (χ0v) is 13.3. The molecule has 2 aromatic rings. The predicted octanol–water partition coefficient (Wildman–Crippen LogP) is 1.46. The van der Waals surface area contributed by atoms with E-state index in [1.165, 1.54) is 6.07 Å². The number of hydrogen-bond donors (Lipinski definition) is 2. The molecule has 2 heterocycles. The predicted molar refractivity (Wildman–Crippen MR) is 88.1 cm³/mol. The molecule has 1 fully saturated rings. The maximum absolute atomic E-state index is 13.8. The smallest absolute Gasteiger partial charge is 0.148 e. The fourth-order valence-corrected chi connectivity index (χ4v) is 2.77. The average molecular weight is 332 g/mol. The van der Waals surface area contributed by atoms with E-state index in [9.17, 15) is 9.50 Å². The second-order valence-electron chi connectivity index (χ2n) is 5.78. The van der Waals surface area contributed by atoms with Crippen molar-refractivity contribution >= 4 is 5.82 Å². The number of β-amino-alcohol motifs (C(OH)–C–C–N with tert-alkyl or cyclic N) is 1. The number of benzene rings is 1. The number of aliphatic hydroxyl groups is 1. The molecule has 0 saturated carbocycles. The third kappa shape index (κ3) is 4.47.